The Labute approximate surface area is 499 Å². The van der Waals surface area contributed by atoms with E-state index in [0.29, 0.717) is 35.5 Å². The molecule has 0 saturated heterocycles. The van der Waals surface area contributed by atoms with Gasteiger partial charge >= 0.3 is 0 Å². The van der Waals surface area contributed by atoms with Crippen molar-refractivity contribution in [1.29, 1.82) is 31.6 Å². The van der Waals surface area contributed by atoms with Crippen LogP contribution < -0.4 is 31.9 Å². The van der Waals surface area contributed by atoms with Gasteiger partial charge in [-0.25, -0.2) is 0 Å². The molecule has 0 radical (unpaired) electrons. The first-order valence-electron chi connectivity index (χ1n) is 34.1. The van der Waals surface area contributed by atoms with Crippen molar-refractivity contribution in [2.24, 2.45) is 35.5 Å². The van der Waals surface area contributed by atoms with E-state index >= 15 is 0 Å². The summed E-state index contributed by atoms with van der Waals surface area (Å²) in [6.45, 7) is 16.4. The first kappa shape index (κ1) is 67.7. The third kappa shape index (κ3) is 25.2. The molecular formula is C66H114N16. The average Bonchev–Trinajstić information content (AvgIpc) is 4.38. The van der Waals surface area contributed by atoms with Gasteiger partial charge in [0.1, 0.15) is 0 Å². The van der Waals surface area contributed by atoms with Crippen molar-refractivity contribution < 1.29 is 0 Å². The Hall–Kier alpha value is -3.46. The molecule has 16 heteroatoms. The van der Waals surface area contributed by atoms with Crippen LogP contribution in [-0.2, 0) is 0 Å². The highest BCUT2D eigenvalue weighted by atomic mass is 15.2. The number of rotatable bonds is 45. The predicted octanol–water partition coefficient (Wildman–Crippen LogP) is 8.57. The highest BCUT2D eigenvalue weighted by molar-refractivity contribution is 5.01. The van der Waals surface area contributed by atoms with Crippen molar-refractivity contribution in [3.63, 3.8) is 0 Å². The fourth-order valence-electron chi connectivity index (χ4n) is 15.2. The maximum Gasteiger partial charge on any atom is 0.0981 e. The molecule has 6 atom stereocenters. The Balaban J connectivity index is 1.14. The molecule has 6 N–H and O–H groups in total. The van der Waals surface area contributed by atoms with Crippen LogP contribution in [0.15, 0.2) is 0 Å². The largest absolute Gasteiger partial charge is 0.302 e. The van der Waals surface area contributed by atoms with Crippen LogP contribution in [0.25, 0.3) is 0 Å². The topological polar surface area (TPSA) is 228 Å². The molecule has 6 rings (SSSR count). The lowest BCUT2D eigenvalue weighted by Gasteiger charge is -2.32. The second kappa shape index (κ2) is 41.6. The summed E-state index contributed by atoms with van der Waals surface area (Å²) in [5.74, 6) is 2.77. The standard InChI is InChI=1S/C66H114N16/c67-49-61(55-19-1-2-20-55)73-31-13-37-79(38-14-32-74-62(50-68)56-21-3-4-22-56)43-46-82(47-44-80(39-15-33-75-63(51-69)57-23-5-6-24-57)40-16-34-76-64(52-70)58-25-7-8-26-58)48-45-81(41-17-35-77-65(53-71)59-27-9-10-28-59)42-18-36-78-66(54-72)60-29-11-12-30-60/h55-66,73-78H,1-48H2. The molecule has 0 aromatic heterocycles. The van der Waals surface area contributed by atoms with E-state index in [9.17, 15) is 31.6 Å². The molecule has 6 fully saturated rings. The number of nitrogens with one attached hydrogen (secondary N) is 6. The van der Waals surface area contributed by atoms with Crippen LogP contribution in [0.4, 0.5) is 0 Å². The van der Waals surface area contributed by atoms with Crippen LogP contribution in [0.3, 0.4) is 0 Å². The Kier molecular flexibility index (Phi) is 34.3. The van der Waals surface area contributed by atoms with Crippen molar-refractivity contribution in [2.75, 3.05) is 118 Å². The molecule has 6 aliphatic rings. The number of hydrogen-bond donors (Lipinski definition) is 6. The van der Waals surface area contributed by atoms with Crippen molar-refractivity contribution in [3.8, 4) is 36.4 Å². The lowest BCUT2D eigenvalue weighted by atomic mass is 9.99. The molecule has 0 spiro atoms. The van der Waals surface area contributed by atoms with Gasteiger partial charge in [0.25, 0.3) is 0 Å². The van der Waals surface area contributed by atoms with E-state index in [2.05, 4.69) is 87.9 Å². The van der Waals surface area contributed by atoms with Crippen molar-refractivity contribution >= 4 is 0 Å². The fourth-order valence-corrected chi connectivity index (χ4v) is 15.2. The summed E-state index contributed by atoms with van der Waals surface area (Å²) in [7, 11) is 0. The molecule has 0 bridgehead atoms. The van der Waals surface area contributed by atoms with Gasteiger partial charge in [-0.05, 0) is 230 Å². The van der Waals surface area contributed by atoms with Gasteiger partial charge in [-0.3, -0.25) is 4.90 Å². The summed E-state index contributed by atoms with van der Waals surface area (Å²) in [5, 5.41) is 82.6. The third-order valence-corrected chi connectivity index (χ3v) is 20.4. The van der Waals surface area contributed by atoms with E-state index in [1.165, 1.54) is 77.0 Å². The fraction of sp³-hybridized carbons (Fsp3) is 0.909. The summed E-state index contributed by atoms with van der Waals surface area (Å²) in [5.41, 5.74) is 0. The minimum absolute atomic E-state index is 0.0709. The molecule has 0 aromatic carbocycles. The molecule has 0 aliphatic heterocycles. The number of nitrogens with zero attached hydrogens (tertiary/aromatic N) is 10. The van der Waals surface area contributed by atoms with E-state index in [1.807, 2.05) is 0 Å². The van der Waals surface area contributed by atoms with Gasteiger partial charge in [-0.1, -0.05) is 77.0 Å². The van der Waals surface area contributed by atoms with Gasteiger partial charge in [0.05, 0.1) is 72.7 Å². The van der Waals surface area contributed by atoms with Crippen LogP contribution in [-0.4, -0.2) is 174 Å². The van der Waals surface area contributed by atoms with Crippen LogP contribution in [0, 0.1) is 103 Å². The molecule has 0 heterocycles. The van der Waals surface area contributed by atoms with Crippen molar-refractivity contribution in [2.45, 2.75) is 229 Å². The lowest BCUT2D eigenvalue weighted by Crippen LogP contribution is -2.45. The summed E-state index contributed by atoms with van der Waals surface area (Å²) < 4.78 is 0. The van der Waals surface area contributed by atoms with Gasteiger partial charge in [0, 0.05) is 39.3 Å². The SMILES string of the molecule is N#CC(NCCCN(CCCNC(C#N)C1CCCC1)CCN(CCN(CCCNC(C#N)C1CCCC1)CCCNC(C#N)C1CCCC1)CCN(CCCNC(C#N)C1CCCC1)CCCNC(C#N)C1CCCC1)C1CCCC1. The Morgan fingerprint density at radius 1 is 0.232 bits per heavy atom. The summed E-state index contributed by atoms with van der Waals surface area (Å²) in [6.07, 6.45) is 34.4. The molecule has 458 valence electrons. The number of nitriles is 6. The Morgan fingerprint density at radius 3 is 0.500 bits per heavy atom. The van der Waals surface area contributed by atoms with E-state index in [-0.39, 0.29) is 36.3 Å². The van der Waals surface area contributed by atoms with E-state index in [4.69, 9.17) is 0 Å². The van der Waals surface area contributed by atoms with E-state index in [1.54, 1.807) is 0 Å². The van der Waals surface area contributed by atoms with Gasteiger partial charge in [-0.15, -0.1) is 0 Å². The Bertz CT molecular complexity index is 1580. The van der Waals surface area contributed by atoms with E-state index in [0.717, 1.165) is 233 Å². The van der Waals surface area contributed by atoms with Crippen LogP contribution in [0.2, 0.25) is 0 Å². The van der Waals surface area contributed by atoms with Gasteiger partial charge < -0.3 is 46.6 Å². The van der Waals surface area contributed by atoms with Gasteiger partial charge in [0.15, 0.2) is 0 Å². The zero-order valence-electron chi connectivity index (χ0n) is 51.3. The number of hydrogen-bond acceptors (Lipinski definition) is 16. The van der Waals surface area contributed by atoms with Crippen LogP contribution in [0.5, 0.6) is 0 Å². The highest BCUT2D eigenvalue weighted by Crippen LogP contribution is 2.31. The van der Waals surface area contributed by atoms with Crippen molar-refractivity contribution in [1.82, 2.24) is 51.5 Å². The smallest absolute Gasteiger partial charge is 0.0981 e. The monoisotopic (exact) mass is 1130 g/mol. The normalized spacial score (nSPS) is 21.0. The first-order chi connectivity index (χ1) is 40.4. The minimum atomic E-state index is -0.0709. The summed E-state index contributed by atoms with van der Waals surface area (Å²) >= 11 is 0. The maximum atomic E-state index is 10.1. The molecular weight excluding hydrogens is 1020 g/mol. The summed E-state index contributed by atoms with van der Waals surface area (Å²) in [6, 6.07) is 15.2. The second-order valence-corrected chi connectivity index (χ2v) is 26.1. The highest BCUT2D eigenvalue weighted by Gasteiger charge is 2.29. The summed E-state index contributed by atoms with van der Waals surface area (Å²) in [4.78, 5) is 10.6. The minimum Gasteiger partial charge on any atom is -0.302 e. The Morgan fingerprint density at radius 2 is 0.366 bits per heavy atom. The van der Waals surface area contributed by atoms with Crippen LogP contribution in [0.1, 0.15) is 193 Å². The zero-order chi connectivity index (χ0) is 57.7. The zero-order valence-corrected chi connectivity index (χ0v) is 51.3. The second-order valence-electron chi connectivity index (χ2n) is 26.1. The molecule has 82 heavy (non-hydrogen) atoms. The van der Waals surface area contributed by atoms with Gasteiger partial charge in [-0.2, -0.15) is 31.6 Å². The quantitative estimate of drug-likeness (QED) is 0.0314. The average molecular weight is 1130 g/mol. The van der Waals surface area contributed by atoms with Crippen LogP contribution >= 0.6 is 0 Å². The first-order valence-corrected chi connectivity index (χ1v) is 34.1. The molecule has 6 unspecified atom stereocenters. The van der Waals surface area contributed by atoms with Gasteiger partial charge in [0.2, 0.25) is 0 Å². The van der Waals surface area contributed by atoms with E-state index < -0.39 is 0 Å². The third-order valence-electron chi connectivity index (χ3n) is 20.4. The van der Waals surface area contributed by atoms with Crippen molar-refractivity contribution in [3.05, 3.63) is 0 Å². The molecule has 16 nitrogen and oxygen atoms in total. The molecule has 6 saturated carbocycles. The lowest BCUT2D eigenvalue weighted by molar-refractivity contribution is 0.150. The molecule has 6 aliphatic carbocycles. The predicted molar refractivity (Wildman–Crippen MR) is 330 cm³/mol. The molecule has 0 amide bonds. The molecule has 0 aromatic rings. The maximum absolute atomic E-state index is 10.1.